The number of aryl methyl sites for hydroxylation is 1. The predicted octanol–water partition coefficient (Wildman–Crippen LogP) is 6.50. The SMILES string of the molecule is CC(F)(F)C(F)(F)C(F)(F)CCc1ccc2c(c1)c1ccccc1c1nccn21. The van der Waals surface area contributed by atoms with Gasteiger partial charge in [-0.2, -0.15) is 26.3 Å². The lowest BCUT2D eigenvalue weighted by atomic mass is 9.96. The van der Waals surface area contributed by atoms with Crippen LogP contribution in [-0.2, 0) is 6.42 Å². The Kier molecular flexibility index (Phi) is 4.29. The monoisotopic (exact) mass is 410 g/mol. The molecule has 0 bridgehead atoms. The molecule has 0 N–H and O–H groups in total. The molecular formula is C21H16F6N2. The molecule has 0 saturated heterocycles. The lowest BCUT2D eigenvalue weighted by molar-refractivity contribution is -0.304. The van der Waals surface area contributed by atoms with E-state index in [4.69, 9.17) is 0 Å². The molecule has 0 radical (unpaired) electrons. The second kappa shape index (κ2) is 6.37. The highest BCUT2D eigenvalue weighted by Crippen LogP contribution is 2.47. The van der Waals surface area contributed by atoms with E-state index in [1.807, 2.05) is 28.7 Å². The average molecular weight is 410 g/mol. The summed E-state index contributed by atoms with van der Waals surface area (Å²) in [6.07, 6.45) is 1.55. The van der Waals surface area contributed by atoms with Gasteiger partial charge in [-0.05, 0) is 29.5 Å². The third kappa shape index (κ3) is 3.01. The number of hydrogen-bond acceptors (Lipinski definition) is 1. The molecule has 4 rings (SSSR count). The van der Waals surface area contributed by atoms with Crippen LogP contribution in [0.25, 0.3) is 27.3 Å². The Bertz CT molecular complexity index is 1210. The second-order valence-corrected chi connectivity index (χ2v) is 7.19. The summed E-state index contributed by atoms with van der Waals surface area (Å²) in [6, 6.07) is 12.3. The van der Waals surface area contributed by atoms with Gasteiger partial charge in [0.2, 0.25) is 0 Å². The second-order valence-electron chi connectivity index (χ2n) is 7.19. The van der Waals surface area contributed by atoms with Gasteiger partial charge in [-0.1, -0.05) is 30.3 Å². The molecule has 0 aliphatic rings. The standard InChI is InChI=1S/C21H16F6N2/c1-19(22,23)21(26,27)20(24,25)9-8-13-6-7-17-16(12-13)14-4-2-3-5-15(14)18-28-10-11-29(17)18/h2-7,10-12H,8-9H2,1H3. The van der Waals surface area contributed by atoms with E-state index in [1.165, 1.54) is 6.07 Å². The maximum atomic E-state index is 13.9. The van der Waals surface area contributed by atoms with Crippen molar-refractivity contribution in [2.45, 2.75) is 37.5 Å². The average Bonchev–Trinajstić information content (AvgIpc) is 3.15. The highest BCUT2D eigenvalue weighted by molar-refractivity contribution is 6.11. The van der Waals surface area contributed by atoms with Crippen LogP contribution < -0.4 is 0 Å². The minimum atomic E-state index is -5.42. The molecule has 0 saturated carbocycles. The first-order chi connectivity index (χ1) is 13.5. The molecule has 4 aromatic rings. The molecule has 8 heteroatoms. The zero-order valence-electron chi connectivity index (χ0n) is 15.3. The van der Waals surface area contributed by atoms with Gasteiger partial charge in [0, 0.05) is 36.5 Å². The largest absolute Gasteiger partial charge is 0.371 e. The Morgan fingerprint density at radius 3 is 2.28 bits per heavy atom. The van der Waals surface area contributed by atoms with Crippen LogP contribution in [0.15, 0.2) is 54.9 Å². The Hall–Kier alpha value is -2.77. The van der Waals surface area contributed by atoms with E-state index in [0.717, 1.165) is 27.3 Å². The fourth-order valence-corrected chi connectivity index (χ4v) is 3.55. The molecule has 0 amide bonds. The molecule has 2 aromatic carbocycles. The Balaban J connectivity index is 1.75. The molecule has 2 aromatic heterocycles. The molecule has 152 valence electrons. The van der Waals surface area contributed by atoms with Crippen LogP contribution in [-0.4, -0.2) is 27.2 Å². The summed E-state index contributed by atoms with van der Waals surface area (Å²) >= 11 is 0. The smallest absolute Gasteiger partial charge is 0.299 e. The van der Waals surface area contributed by atoms with Gasteiger partial charge in [0.1, 0.15) is 5.65 Å². The van der Waals surface area contributed by atoms with Crippen LogP contribution in [0.4, 0.5) is 26.3 Å². The summed E-state index contributed by atoms with van der Waals surface area (Å²) in [4.78, 5) is 4.35. The minimum absolute atomic E-state index is 0.195. The maximum Gasteiger partial charge on any atom is 0.371 e. The molecule has 0 aliphatic carbocycles. The van der Waals surface area contributed by atoms with E-state index in [9.17, 15) is 26.3 Å². The number of pyridine rings is 1. The van der Waals surface area contributed by atoms with Crippen LogP contribution >= 0.6 is 0 Å². The zero-order valence-corrected chi connectivity index (χ0v) is 15.3. The van der Waals surface area contributed by atoms with Crippen molar-refractivity contribution in [2.75, 3.05) is 0 Å². The first kappa shape index (κ1) is 19.5. The summed E-state index contributed by atoms with van der Waals surface area (Å²) in [5, 5.41) is 2.42. The number of imidazole rings is 1. The van der Waals surface area contributed by atoms with Crippen molar-refractivity contribution in [3.63, 3.8) is 0 Å². The number of benzene rings is 2. The van der Waals surface area contributed by atoms with Gasteiger partial charge < -0.3 is 0 Å². The van der Waals surface area contributed by atoms with Crippen molar-refractivity contribution in [1.29, 1.82) is 0 Å². The Morgan fingerprint density at radius 2 is 1.59 bits per heavy atom. The molecule has 0 unspecified atom stereocenters. The third-order valence-corrected chi connectivity index (χ3v) is 5.16. The number of rotatable bonds is 5. The van der Waals surface area contributed by atoms with Crippen LogP contribution in [0.2, 0.25) is 0 Å². The third-order valence-electron chi connectivity index (χ3n) is 5.16. The number of aromatic nitrogens is 2. The first-order valence-electron chi connectivity index (χ1n) is 8.93. The van der Waals surface area contributed by atoms with E-state index in [-0.39, 0.29) is 6.92 Å². The molecule has 2 heterocycles. The topological polar surface area (TPSA) is 17.3 Å². The van der Waals surface area contributed by atoms with E-state index < -0.39 is 30.6 Å². The highest BCUT2D eigenvalue weighted by Gasteiger charge is 2.68. The minimum Gasteiger partial charge on any atom is -0.299 e. The van der Waals surface area contributed by atoms with Crippen LogP contribution in [0.1, 0.15) is 18.9 Å². The van der Waals surface area contributed by atoms with Gasteiger partial charge in [0.25, 0.3) is 0 Å². The van der Waals surface area contributed by atoms with Gasteiger partial charge in [-0.15, -0.1) is 0 Å². The fourth-order valence-electron chi connectivity index (χ4n) is 3.55. The fraction of sp³-hybridized carbons (Fsp3) is 0.286. The van der Waals surface area contributed by atoms with Crippen molar-refractivity contribution in [2.24, 2.45) is 0 Å². The van der Waals surface area contributed by atoms with E-state index >= 15 is 0 Å². The molecule has 0 fully saturated rings. The van der Waals surface area contributed by atoms with E-state index in [1.54, 1.807) is 24.5 Å². The summed E-state index contributed by atoms with van der Waals surface area (Å²) in [7, 11) is 0. The van der Waals surface area contributed by atoms with Crippen LogP contribution in [0, 0.1) is 0 Å². The van der Waals surface area contributed by atoms with Gasteiger partial charge >= 0.3 is 17.8 Å². The molecule has 0 atom stereocenters. The van der Waals surface area contributed by atoms with Gasteiger partial charge in [0.05, 0.1) is 5.52 Å². The van der Waals surface area contributed by atoms with Gasteiger partial charge in [0.15, 0.2) is 0 Å². The lowest BCUT2D eigenvalue weighted by Gasteiger charge is -2.30. The van der Waals surface area contributed by atoms with Crippen molar-refractivity contribution < 1.29 is 26.3 Å². The Labute approximate surface area is 161 Å². The van der Waals surface area contributed by atoms with E-state index in [2.05, 4.69) is 4.98 Å². The van der Waals surface area contributed by atoms with Crippen molar-refractivity contribution in [3.05, 3.63) is 60.4 Å². The number of fused-ring (bicyclic) bond motifs is 6. The normalized spacial score (nSPS) is 13.6. The number of halogens is 6. The Morgan fingerprint density at radius 1 is 0.897 bits per heavy atom. The maximum absolute atomic E-state index is 13.9. The molecule has 0 aliphatic heterocycles. The van der Waals surface area contributed by atoms with Crippen molar-refractivity contribution in [3.8, 4) is 0 Å². The predicted molar refractivity (Wildman–Crippen MR) is 99.0 cm³/mol. The summed E-state index contributed by atoms with van der Waals surface area (Å²) in [5.41, 5.74) is 1.87. The zero-order chi connectivity index (χ0) is 21.0. The number of hydrogen-bond donors (Lipinski definition) is 0. The van der Waals surface area contributed by atoms with E-state index in [0.29, 0.717) is 5.56 Å². The van der Waals surface area contributed by atoms with Gasteiger partial charge in [-0.3, -0.25) is 4.40 Å². The molecule has 29 heavy (non-hydrogen) atoms. The molecule has 2 nitrogen and oxygen atoms in total. The molecular weight excluding hydrogens is 394 g/mol. The summed E-state index contributed by atoms with van der Waals surface area (Å²) in [6.45, 7) is -0.195. The van der Waals surface area contributed by atoms with Crippen molar-refractivity contribution >= 4 is 27.3 Å². The summed E-state index contributed by atoms with van der Waals surface area (Å²) in [5.74, 6) is -15.1. The van der Waals surface area contributed by atoms with Crippen molar-refractivity contribution in [1.82, 2.24) is 9.38 Å². The van der Waals surface area contributed by atoms with Gasteiger partial charge in [-0.25, -0.2) is 4.98 Å². The first-order valence-corrected chi connectivity index (χ1v) is 8.93. The quantitative estimate of drug-likeness (QED) is 0.271. The highest BCUT2D eigenvalue weighted by atomic mass is 19.3. The molecule has 0 spiro atoms. The lowest BCUT2D eigenvalue weighted by Crippen LogP contribution is -2.52. The number of alkyl halides is 6. The number of nitrogens with zero attached hydrogens (tertiary/aromatic N) is 2. The summed E-state index contributed by atoms with van der Waals surface area (Å²) < 4.78 is 82.6. The van der Waals surface area contributed by atoms with Crippen LogP contribution in [0.3, 0.4) is 0 Å². The van der Waals surface area contributed by atoms with Crippen LogP contribution in [0.5, 0.6) is 0 Å².